The highest BCUT2D eigenvalue weighted by Gasteiger charge is 2.19. The van der Waals surface area contributed by atoms with Gasteiger partial charge in [-0.1, -0.05) is 18.2 Å². The summed E-state index contributed by atoms with van der Waals surface area (Å²) in [4.78, 5) is 6.15. The fraction of sp³-hybridized carbons (Fsp3) is 0.154. The van der Waals surface area contributed by atoms with Crippen LogP contribution in [-0.4, -0.2) is 30.4 Å². The molecule has 0 atom stereocenters. The molecule has 0 saturated heterocycles. The molecule has 0 fully saturated rings. The highest BCUT2D eigenvalue weighted by Crippen LogP contribution is 2.14. The van der Waals surface area contributed by atoms with Crippen LogP contribution in [0.3, 0.4) is 0 Å². The van der Waals surface area contributed by atoms with Crippen molar-refractivity contribution in [3.8, 4) is 11.8 Å². The highest BCUT2D eigenvalue weighted by molar-refractivity contribution is 5.60. The lowest BCUT2D eigenvalue weighted by Gasteiger charge is -1.98. The Kier molecular flexibility index (Phi) is 3.39. The number of nitrogens with zero attached hydrogens (tertiary/aromatic N) is 4. The van der Waals surface area contributed by atoms with Crippen LogP contribution in [0.1, 0.15) is 5.56 Å². The van der Waals surface area contributed by atoms with Crippen LogP contribution in [0.4, 0.5) is 5.82 Å². The number of para-hydroxylation sites is 1. The second kappa shape index (κ2) is 5.15. The predicted octanol–water partition coefficient (Wildman–Crippen LogP) is 1.38. The number of hydrogen-bond acceptors (Lipinski definition) is 2. The van der Waals surface area contributed by atoms with Crippen LogP contribution in [0.25, 0.3) is 5.69 Å². The Balaban J connectivity index is 2.50. The lowest BCUT2D eigenvalue weighted by Crippen LogP contribution is -2.32. The van der Waals surface area contributed by atoms with Crippen molar-refractivity contribution < 1.29 is 4.68 Å². The third-order valence-electron chi connectivity index (χ3n) is 2.34. The van der Waals surface area contributed by atoms with E-state index in [1.165, 1.54) is 0 Å². The second-order valence-electron chi connectivity index (χ2n) is 4.00. The largest absolute Gasteiger partial charge is 0.368 e. The smallest absolute Gasteiger partial charge is 0.348 e. The molecule has 1 aromatic heterocycles. The van der Waals surface area contributed by atoms with Gasteiger partial charge in [0.25, 0.3) is 0 Å². The van der Waals surface area contributed by atoms with Gasteiger partial charge in [-0.25, -0.2) is 5.10 Å². The van der Waals surface area contributed by atoms with Crippen LogP contribution in [0.2, 0.25) is 0 Å². The zero-order valence-electron chi connectivity index (χ0n) is 10.3. The van der Waals surface area contributed by atoms with Crippen molar-refractivity contribution in [1.82, 2.24) is 10.00 Å². The first-order chi connectivity index (χ1) is 8.72. The summed E-state index contributed by atoms with van der Waals surface area (Å²) >= 11 is 0. The van der Waals surface area contributed by atoms with Gasteiger partial charge in [0.15, 0.2) is 11.3 Å². The van der Waals surface area contributed by atoms with Gasteiger partial charge in [0.05, 0.1) is 6.20 Å². The molecule has 0 bridgehead atoms. The van der Waals surface area contributed by atoms with Crippen LogP contribution in [-0.2, 0) is 0 Å². The van der Waals surface area contributed by atoms with E-state index in [-0.39, 0.29) is 0 Å². The Hall–Kier alpha value is -2.61. The first kappa shape index (κ1) is 11.9. The fourth-order valence-corrected chi connectivity index (χ4v) is 1.53. The number of H-pyrrole nitrogens is 1. The lowest BCUT2D eigenvalue weighted by atomic mass is 10.3. The molecular formula is C13H14N5+. The highest BCUT2D eigenvalue weighted by atomic mass is 15.3. The van der Waals surface area contributed by atoms with Crippen molar-refractivity contribution in [2.75, 3.05) is 14.1 Å². The normalized spacial score (nSPS) is 10.5. The Morgan fingerprint density at radius 2 is 2.06 bits per heavy atom. The number of benzene rings is 1. The minimum absolute atomic E-state index is 0.511. The molecule has 0 spiro atoms. The maximum Gasteiger partial charge on any atom is 0.368 e. The number of nitrogens with one attached hydrogen (secondary N) is 1. The standard InChI is InChI=1S/C13H13N5/c1-17(2)10-15-13-11(8-14)9-16-18(13)12-6-4-3-5-7-12/h3-7,9-10H,1-2H3/p+1. The van der Waals surface area contributed by atoms with Gasteiger partial charge in [0.2, 0.25) is 6.34 Å². The zero-order chi connectivity index (χ0) is 13.0. The molecule has 0 aliphatic rings. The van der Waals surface area contributed by atoms with E-state index in [0.29, 0.717) is 11.4 Å². The quantitative estimate of drug-likeness (QED) is 0.500. The molecule has 2 rings (SSSR count). The number of hydrogen-bond donors (Lipinski definition) is 1. The summed E-state index contributed by atoms with van der Waals surface area (Å²) in [6.07, 6.45) is 3.32. The maximum atomic E-state index is 9.07. The van der Waals surface area contributed by atoms with Crippen molar-refractivity contribution in [2.24, 2.45) is 4.99 Å². The van der Waals surface area contributed by atoms with E-state index >= 15 is 0 Å². The molecule has 5 heteroatoms. The van der Waals surface area contributed by atoms with Gasteiger partial charge in [-0.15, -0.1) is 4.68 Å². The summed E-state index contributed by atoms with van der Waals surface area (Å²) in [7, 11) is 3.77. The van der Waals surface area contributed by atoms with E-state index in [9.17, 15) is 0 Å². The van der Waals surface area contributed by atoms with Crippen LogP contribution in [0, 0.1) is 11.3 Å². The number of aromatic amines is 1. The molecule has 0 unspecified atom stereocenters. The van der Waals surface area contributed by atoms with Gasteiger partial charge in [-0.3, -0.25) is 0 Å². The van der Waals surface area contributed by atoms with Crippen LogP contribution in [0.15, 0.2) is 41.5 Å². The molecule has 1 N–H and O–H groups in total. The number of aromatic nitrogens is 2. The topological polar surface area (TPSA) is 59.1 Å². The average molecular weight is 240 g/mol. The van der Waals surface area contributed by atoms with Crippen molar-refractivity contribution in [3.05, 3.63) is 42.1 Å². The first-order valence-corrected chi connectivity index (χ1v) is 5.52. The molecule has 0 radical (unpaired) electrons. The van der Waals surface area contributed by atoms with Gasteiger partial charge in [0.1, 0.15) is 6.07 Å². The van der Waals surface area contributed by atoms with Gasteiger partial charge in [-0.05, 0) is 17.1 Å². The SMILES string of the molecule is CN(C)C=Nc1c(C#N)c[nH][n+]1-c1ccccc1. The van der Waals surface area contributed by atoms with Crippen LogP contribution < -0.4 is 4.68 Å². The summed E-state index contributed by atoms with van der Waals surface area (Å²) in [5, 5.41) is 12.1. The summed E-state index contributed by atoms with van der Waals surface area (Å²) in [5.41, 5.74) is 1.45. The zero-order valence-corrected chi connectivity index (χ0v) is 10.3. The average Bonchev–Trinajstić information content (AvgIpc) is 2.80. The molecule has 5 nitrogen and oxygen atoms in total. The van der Waals surface area contributed by atoms with Gasteiger partial charge < -0.3 is 4.90 Å². The van der Waals surface area contributed by atoms with Gasteiger partial charge in [0, 0.05) is 14.1 Å². The number of nitriles is 1. The predicted molar refractivity (Wildman–Crippen MR) is 68.9 cm³/mol. The van der Waals surface area contributed by atoms with Crippen molar-refractivity contribution >= 4 is 12.2 Å². The minimum Gasteiger partial charge on any atom is -0.348 e. The monoisotopic (exact) mass is 240 g/mol. The maximum absolute atomic E-state index is 9.07. The molecule has 90 valence electrons. The second-order valence-corrected chi connectivity index (χ2v) is 4.00. The van der Waals surface area contributed by atoms with E-state index in [0.717, 1.165) is 5.69 Å². The Labute approximate surface area is 106 Å². The van der Waals surface area contributed by atoms with E-state index in [1.54, 1.807) is 17.2 Å². The van der Waals surface area contributed by atoms with Crippen molar-refractivity contribution in [1.29, 1.82) is 5.26 Å². The summed E-state index contributed by atoms with van der Waals surface area (Å²) < 4.78 is 1.78. The molecule has 18 heavy (non-hydrogen) atoms. The fourth-order valence-electron chi connectivity index (χ4n) is 1.53. The first-order valence-electron chi connectivity index (χ1n) is 5.52. The van der Waals surface area contributed by atoms with E-state index in [2.05, 4.69) is 16.2 Å². The molecule has 0 saturated carbocycles. The van der Waals surface area contributed by atoms with Crippen LogP contribution in [0.5, 0.6) is 0 Å². The molecule has 1 heterocycles. The van der Waals surface area contributed by atoms with Crippen LogP contribution >= 0.6 is 0 Å². The van der Waals surface area contributed by atoms with E-state index < -0.39 is 0 Å². The summed E-state index contributed by atoms with van der Waals surface area (Å²) in [6, 6.07) is 11.9. The number of aliphatic imine (C=N–C) groups is 1. The Bertz CT molecular complexity index is 590. The Morgan fingerprint density at radius 3 is 2.67 bits per heavy atom. The van der Waals surface area contributed by atoms with Gasteiger partial charge >= 0.3 is 5.82 Å². The summed E-state index contributed by atoms with van der Waals surface area (Å²) in [6.45, 7) is 0. The third-order valence-corrected chi connectivity index (χ3v) is 2.34. The summed E-state index contributed by atoms with van der Waals surface area (Å²) in [5.74, 6) is 0.595. The molecule has 1 aromatic carbocycles. The molecule has 2 aromatic rings. The third kappa shape index (κ3) is 2.38. The van der Waals surface area contributed by atoms with Crippen molar-refractivity contribution in [3.63, 3.8) is 0 Å². The molecule has 0 aliphatic heterocycles. The molecule has 0 aliphatic carbocycles. The van der Waals surface area contributed by atoms with Gasteiger partial charge in [-0.2, -0.15) is 5.26 Å². The molecular weight excluding hydrogens is 226 g/mol. The van der Waals surface area contributed by atoms with E-state index in [1.807, 2.05) is 49.3 Å². The Morgan fingerprint density at radius 1 is 1.33 bits per heavy atom. The number of rotatable bonds is 3. The van der Waals surface area contributed by atoms with Crippen molar-refractivity contribution in [2.45, 2.75) is 0 Å². The lowest BCUT2D eigenvalue weighted by molar-refractivity contribution is -0.642. The minimum atomic E-state index is 0.511. The van der Waals surface area contributed by atoms with E-state index in [4.69, 9.17) is 5.26 Å². The molecule has 0 amide bonds.